The van der Waals surface area contributed by atoms with Gasteiger partial charge < -0.3 is 14.2 Å². The molecule has 0 aliphatic rings. The first kappa shape index (κ1) is 48.8. The maximum Gasteiger partial charge on any atom is 0.307 e. The van der Waals surface area contributed by atoms with Crippen molar-refractivity contribution in [2.75, 3.05) is 12.4 Å². The van der Waals surface area contributed by atoms with Crippen LogP contribution in [0.4, 0.5) is 0 Å². The van der Waals surface area contributed by atoms with Crippen LogP contribution in [0.3, 0.4) is 0 Å². The lowest BCUT2D eigenvalue weighted by atomic mass is 10.0. The van der Waals surface area contributed by atoms with Crippen molar-refractivity contribution < 1.29 is 28.6 Å². The van der Waals surface area contributed by atoms with E-state index in [-0.39, 0.29) is 36.2 Å². The Hall–Kier alpha value is -1.24. The van der Waals surface area contributed by atoms with Crippen molar-refractivity contribution >= 4 is 29.7 Å². The van der Waals surface area contributed by atoms with Crippen LogP contribution in [0.15, 0.2) is 0 Å². The van der Waals surface area contributed by atoms with Gasteiger partial charge >= 0.3 is 17.9 Å². The van der Waals surface area contributed by atoms with Gasteiger partial charge in [0.1, 0.15) is 18.3 Å². The van der Waals surface area contributed by atoms with Gasteiger partial charge in [-0.1, -0.05) is 175 Å². The van der Waals surface area contributed by atoms with E-state index in [1.807, 2.05) is 27.7 Å². The lowest BCUT2D eigenvalue weighted by molar-refractivity contribution is -0.157. The summed E-state index contributed by atoms with van der Waals surface area (Å²) in [4.78, 5) is 37.6. The molecule has 0 aromatic heterocycles. The van der Waals surface area contributed by atoms with Crippen LogP contribution in [0.25, 0.3) is 0 Å². The number of carbonyl (C=O) groups excluding carboxylic acids is 3. The Morgan fingerprint density at radius 1 is 0.520 bits per heavy atom. The van der Waals surface area contributed by atoms with Gasteiger partial charge in [0.25, 0.3) is 0 Å². The lowest BCUT2D eigenvalue weighted by Crippen LogP contribution is -2.29. The Balaban J connectivity index is 4.34. The van der Waals surface area contributed by atoms with Crippen molar-refractivity contribution in [3.8, 4) is 0 Å². The summed E-state index contributed by atoms with van der Waals surface area (Å²) in [6.45, 7) is 12.2. The first-order valence-electron chi connectivity index (χ1n) is 21.3. The molecule has 50 heavy (non-hydrogen) atoms. The minimum atomic E-state index is -0.522. The van der Waals surface area contributed by atoms with Crippen LogP contribution in [-0.2, 0) is 28.6 Å². The molecule has 0 saturated carbocycles. The highest BCUT2D eigenvalue weighted by Gasteiger charge is 2.22. The van der Waals surface area contributed by atoms with Crippen molar-refractivity contribution in [3.63, 3.8) is 0 Å². The van der Waals surface area contributed by atoms with E-state index in [4.69, 9.17) is 14.2 Å². The number of thioether (sulfide) groups is 1. The topological polar surface area (TPSA) is 78.9 Å². The van der Waals surface area contributed by atoms with E-state index in [0.29, 0.717) is 18.6 Å². The van der Waals surface area contributed by atoms with E-state index in [0.717, 1.165) is 38.5 Å². The molecule has 0 aliphatic carbocycles. The number of ether oxygens (including phenoxy) is 3. The van der Waals surface area contributed by atoms with E-state index >= 15 is 0 Å². The smallest absolute Gasteiger partial charge is 0.307 e. The molecule has 0 fully saturated rings. The van der Waals surface area contributed by atoms with Crippen molar-refractivity contribution in [2.45, 2.75) is 245 Å². The minimum absolute atomic E-state index is 0.00592. The van der Waals surface area contributed by atoms with E-state index in [9.17, 15) is 14.4 Å². The molecule has 6 nitrogen and oxygen atoms in total. The van der Waals surface area contributed by atoms with Crippen LogP contribution >= 0.6 is 11.8 Å². The van der Waals surface area contributed by atoms with Gasteiger partial charge in [0.2, 0.25) is 0 Å². The molecular weight excluding hydrogens is 645 g/mol. The fraction of sp³-hybridized carbons (Fsp3) is 0.930. The average Bonchev–Trinajstić information content (AvgIpc) is 3.05. The highest BCUT2D eigenvalue weighted by Crippen LogP contribution is 2.21. The molecule has 0 heterocycles. The van der Waals surface area contributed by atoms with Crippen molar-refractivity contribution in [2.24, 2.45) is 0 Å². The molecule has 0 radical (unpaired) electrons. The van der Waals surface area contributed by atoms with Crippen LogP contribution in [-0.4, -0.2) is 47.2 Å². The Kier molecular flexibility index (Phi) is 34.0. The van der Waals surface area contributed by atoms with Gasteiger partial charge in [-0.15, -0.1) is 0 Å². The summed E-state index contributed by atoms with van der Waals surface area (Å²) in [6.07, 6.45) is 33.4. The molecule has 7 heteroatoms. The minimum Gasteiger partial charge on any atom is -0.462 e. The van der Waals surface area contributed by atoms with Crippen molar-refractivity contribution in [1.29, 1.82) is 0 Å². The van der Waals surface area contributed by atoms with Gasteiger partial charge in [0, 0.05) is 23.8 Å². The Morgan fingerprint density at radius 2 is 0.880 bits per heavy atom. The van der Waals surface area contributed by atoms with Crippen molar-refractivity contribution in [3.05, 3.63) is 0 Å². The molecule has 0 saturated heterocycles. The second-order valence-electron chi connectivity index (χ2n) is 15.7. The molecule has 0 rings (SSSR count). The number of esters is 3. The van der Waals surface area contributed by atoms with Crippen LogP contribution in [0.1, 0.15) is 228 Å². The molecule has 0 amide bonds. The first-order chi connectivity index (χ1) is 24.1. The highest BCUT2D eigenvalue weighted by molar-refractivity contribution is 7.99. The molecule has 296 valence electrons. The predicted octanol–water partition coefficient (Wildman–Crippen LogP) is 13.3. The molecule has 0 N–H and O–H groups in total. The molecule has 0 aromatic carbocycles. The fourth-order valence-electron chi connectivity index (χ4n) is 6.14. The van der Waals surface area contributed by atoms with Crippen LogP contribution in [0.2, 0.25) is 0 Å². The number of rotatable bonds is 36. The quantitative estimate of drug-likeness (QED) is 0.0361. The zero-order valence-corrected chi connectivity index (χ0v) is 34.7. The standard InChI is InChI=1S/C43H82O6S/c1-7-9-11-13-15-17-19-21-23-25-27-29-31-33-40(44)47-36-39(37-50-38(3)35-42(46)49-43(4,5)6)48-41(45)34-32-30-28-26-24-22-20-18-16-14-12-10-8-2/h38-39H,7-37H2,1-6H3. The second-order valence-corrected chi connectivity index (χ2v) is 17.2. The van der Waals surface area contributed by atoms with Gasteiger partial charge in [-0.3, -0.25) is 14.4 Å². The predicted molar refractivity (Wildman–Crippen MR) is 214 cm³/mol. The normalized spacial score (nSPS) is 12.8. The Bertz CT molecular complexity index is 795. The highest BCUT2D eigenvalue weighted by atomic mass is 32.2. The molecule has 0 spiro atoms. The third-order valence-electron chi connectivity index (χ3n) is 9.14. The van der Waals surface area contributed by atoms with Gasteiger partial charge in [-0.2, -0.15) is 11.8 Å². The summed E-state index contributed by atoms with van der Waals surface area (Å²) < 4.78 is 16.9. The maximum absolute atomic E-state index is 12.7. The monoisotopic (exact) mass is 727 g/mol. The Morgan fingerprint density at radius 3 is 1.26 bits per heavy atom. The Labute approximate surface area is 314 Å². The van der Waals surface area contributed by atoms with Gasteiger partial charge in [-0.25, -0.2) is 0 Å². The molecular formula is C43H82O6S. The number of unbranched alkanes of at least 4 members (excludes halogenated alkanes) is 24. The summed E-state index contributed by atoms with van der Waals surface area (Å²) in [5, 5.41) is -0.00592. The van der Waals surface area contributed by atoms with Crippen LogP contribution in [0, 0.1) is 0 Å². The molecule has 2 unspecified atom stereocenters. The van der Waals surface area contributed by atoms with Crippen LogP contribution < -0.4 is 0 Å². The summed E-state index contributed by atoms with van der Waals surface area (Å²) in [7, 11) is 0. The zero-order chi connectivity index (χ0) is 37.1. The van der Waals surface area contributed by atoms with Gasteiger partial charge in [-0.05, 0) is 33.6 Å². The van der Waals surface area contributed by atoms with Crippen molar-refractivity contribution in [1.82, 2.24) is 0 Å². The molecule has 0 bridgehead atoms. The number of hydrogen-bond acceptors (Lipinski definition) is 7. The number of hydrogen-bond donors (Lipinski definition) is 0. The van der Waals surface area contributed by atoms with Crippen LogP contribution in [0.5, 0.6) is 0 Å². The lowest BCUT2D eigenvalue weighted by Gasteiger charge is -2.22. The summed E-state index contributed by atoms with van der Waals surface area (Å²) in [6, 6.07) is 0. The summed E-state index contributed by atoms with van der Waals surface area (Å²) >= 11 is 1.55. The van der Waals surface area contributed by atoms with Gasteiger partial charge in [0.05, 0.1) is 6.42 Å². The molecule has 0 aromatic rings. The molecule has 2 atom stereocenters. The summed E-state index contributed by atoms with van der Waals surface area (Å²) in [5.74, 6) is -0.221. The third kappa shape index (κ3) is 36.5. The maximum atomic E-state index is 12.7. The van der Waals surface area contributed by atoms with E-state index in [1.165, 1.54) is 128 Å². The largest absolute Gasteiger partial charge is 0.462 e. The summed E-state index contributed by atoms with van der Waals surface area (Å²) in [5.41, 5.74) is -0.519. The average molecular weight is 727 g/mol. The fourth-order valence-corrected chi connectivity index (χ4v) is 7.10. The molecule has 0 aliphatic heterocycles. The van der Waals surface area contributed by atoms with E-state index in [2.05, 4.69) is 13.8 Å². The van der Waals surface area contributed by atoms with E-state index < -0.39 is 11.7 Å². The van der Waals surface area contributed by atoms with E-state index in [1.54, 1.807) is 11.8 Å². The second kappa shape index (κ2) is 34.8. The number of carbonyl (C=O) groups is 3. The van der Waals surface area contributed by atoms with Gasteiger partial charge in [0.15, 0.2) is 0 Å². The SMILES string of the molecule is CCCCCCCCCCCCCCCC(=O)OCC(CSC(C)CC(=O)OC(C)(C)C)OC(=O)CCCCCCCCCCCCCCC. The first-order valence-corrected chi connectivity index (χ1v) is 22.3. The third-order valence-corrected chi connectivity index (χ3v) is 10.4. The zero-order valence-electron chi connectivity index (χ0n) is 33.9.